The van der Waals surface area contributed by atoms with Crippen molar-refractivity contribution in [2.45, 2.75) is 38.1 Å². The van der Waals surface area contributed by atoms with Gasteiger partial charge in [-0.2, -0.15) is 0 Å². The van der Waals surface area contributed by atoms with Gasteiger partial charge in [-0.15, -0.1) is 0 Å². The highest BCUT2D eigenvalue weighted by atomic mass is 127. The van der Waals surface area contributed by atoms with E-state index in [-0.39, 0.29) is 5.54 Å². The number of nitrogens with two attached hydrogens (primary N) is 1. The third-order valence-electron chi connectivity index (χ3n) is 3.48. The number of rotatable bonds is 3. The molecule has 0 spiro atoms. The average molecular weight is 346 g/mol. The molecule has 3 N–H and O–H groups in total. The Morgan fingerprint density at radius 3 is 2.82 bits per heavy atom. The summed E-state index contributed by atoms with van der Waals surface area (Å²) in [6, 6.07) is 0. The number of anilines is 1. The summed E-state index contributed by atoms with van der Waals surface area (Å²) in [7, 11) is 0. The summed E-state index contributed by atoms with van der Waals surface area (Å²) in [6.45, 7) is 2.94. The lowest BCUT2D eigenvalue weighted by molar-refractivity contribution is 0.263. The van der Waals surface area contributed by atoms with Crippen molar-refractivity contribution in [3.05, 3.63) is 16.0 Å². The van der Waals surface area contributed by atoms with E-state index in [1.165, 1.54) is 12.8 Å². The predicted octanol–water partition coefficient (Wildman–Crippen LogP) is 2.40. The molecule has 2 rings (SSSR count). The zero-order valence-electron chi connectivity index (χ0n) is 10.1. The molecule has 1 aromatic rings. The highest BCUT2D eigenvalue weighted by Gasteiger charge is 2.34. The van der Waals surface area contributed by atoms with Crippen LogP contribution in [0.3, 0.4) is 0 Å². The third kappa shape index (κ3) is 3.28. The van der Waals surface area contributed by atoms with Crippen LogP contribution in [0.5, 0.6) is 0 Å². The molecular formula is C12H19IN4. The van der Waals surface area contributed by atoms with Crippen molar-refractivity contribution in [2.24, 2.45) is 11.7 Å². The van der Waals surface area contributed by atoms with Gasteiger partial charge in [-0.3, -0.25) is 0 Å². The van der Waals surface area contributed by atoms with E-state index in [0.29, 0.717) is 12.5 Å². The molecule has 2 atom stereocenters. The van der Waals surface area contributed by atoms with Gasteiger partial charge in [0, 0.05) is 22.5 Å². The molecule has 4 nitrogen and oxygen atoms in total. The fraction of sp³-hybridized carbons (Fsp3) is 0.667. The van der Waals surface area contributed by atoms with Crippen molar-refractivity contribution in [3.8, 4) is 0 Å². The van der Waals surface area contributed by atoms with Gasteiger partial charge in [-0.1, -0.05) is 19.8 Å². The Morgan fingerprint density at radius 1 is 1.53 bits per heavy atom. The predicted molar refractivity (Wildman–Crippen MR) is 77.8 cm³/mol. The number of hydrogen-bond donors (Lipinski definition) is 2. The van der Waals surface area contributed by atoms with E-state index in [1.807, 2.05) is 12.4 Å². The van der Waals surface area contributed by atoms with Crippen LogP contribution in [0.1, 0.15) is 32.6 Å². The molecule has 0 aromatic carbocycles. The lowest BCUT2D eigenvalue weighted by Gasteiger charge is -2.39. The van der Waals surface area contributed by atoms with Crippen molar-refractivity contribution in [2.75, 3.05) is 11.9 Å². The summed E-state index contributed by atoms with van der Waals surface area (Å²) < 4.78 is 1.05. The molecule has 0 radical (unpaired) electrons. The number of aromatic nitrogens is 2. The summed E-state index contributed by atoms with van der Waals surface area (Å²) in [4.78, 5) is 8.61. The Morgan fingerprint density at radius 2 is 2.24 bits per heavy atom. The van der Waals surface area contributed by atoms with Gasteiger partial charge in [0.25, 0.3) is 0 Å². The Kier molecular flexibility index (Phi) is 4.19. The Balaban J connectivity index is 2.10. The maximum atomic E-state index is 5.96. The van der Waals surface area contributed by atoms with Crippen LogP contribution in [0.15, 0.2) is 12.4 Å². The summed E-state index contributed by atoms with van der Waals surface area (Å²) in [6.07, 6.45) is 8.41. The molecule has 1 saturated carbocycles. The van der Waals surface area contributed by atoms with Gasteiger partial charge >= 0.3 is 0 Å². The zero-order chi connectivity index (χ0) is 12.3. The Labute approximate surface area is 116 Å². The van der Waals surface area contributed by atoms with Gasteiger partial charge in [0.05, 0.1) is 5.54 Å². The second kappa shape index (κ2) is 5.48. The molecule has 1 aromatic heterocycles. The van der Waals surface area contributed by atoms with Crippen molar-refractivity contribution in [1.82, 2.24) is 9.97 Å². The van der Waals surface area contributed by atoms with Crippen LogP contribution in [0, 0.1) is 9.49 Å². The third-order valence-corrected chi connectivity index (χ3v) is 4.04. The van der Waals surface area contributed by atoms with E-state index in [0.717, 1.165) is 22.3 Å². The maximum absolute atomic E-state index is 5.96. The normalized spacial score (nSPS) is 29.0. The Hall–Kier alpha value is -0.430. The quantitative estimate of drug-likeness (QED) is 0.825. The first kappa shape index (κ1) is 13.0. The molecule has 1 aliphatic carbocycles. The largest absolute Gasteiger partial charge is 0.348 e. The standard InChI is InChI=1S/C12H19IN4/c1-9-3-2-4-12(5-9,8-14)17-11-15-6-10(13)7-16-11/h6-7,9H,2-5,8,14H2,1H3,(H,15,16,17). The minimum absolute atomic E-state index is 0.00947. The van der Waals surface area contributed by atoms with E-state index in [9.17, 15) is 0 Å². The molecule has 0 saturated heterocycles. The summed E-state index contributed by atoms with van der Waals surface area (Å²) in [5, 5.41) is 3.45. The summed E-state index contributed by atoms with van der Waals surface area (Å²) in [5.74, 6) is 1.42. The number of hydrogen-bond acceptors (Lipinski definition) is 4. The molecule has 0 bridgehead atoms. The van der Waals surface area contributed by atoms with Crippen LogP contribution in [0.2, 0.25) is 0 Å². The van der Waals surface area contributed by atoms with E-state index in [4.69, 9.17) is 5.73 Å². The van der Waals surface area contributed by atoms with E-state index < -0.39 is 0 Å². The second-order valence-corrected chi connectivity index (χ2v) is 6.28. The van der Waals surface area contributed by atoms with Gasteiger partial charge in [0.15, 0.2) is 0 Å². The monoisotopic (exact) mass is 346 g/mol. The van der Waals surface area contributed by atoms with E-state index in [1.54, 1.807) is 0 Å². The molecule has 1 heterocycles. The SMILES string of the molecule is CC1CCCC(CN)(Nc2ncc(I)cn2)C1. The van der Waals surface area contributed by atoms with Gasteiger partial charge in [-0.05, 0) is 41.4 Å². The average Bonchev–Trinajstić information content (AvgIpc) is 2.32. The zero-order valence-corrected chi connectivity index (χ0v) is 12.3. The molecule has 2 unspecified atom stereocenters. The highest BCUT2D eigenvalue weighted by Crippen LogP contribution is 2.33. The molecule has 0 aliphatic heterocycles. The van der Waals surface area contributed by atoms with Crippen LogP contribution in [0.25, 0.3) is 0 Å². The maximum Gasteiger partial charge on any atom is 0.223 e. The first-order valence-corrected chi connectivity index (χ1v) is 7.17. The van der Waals surface area contributed by atoms with Crippen molar-refractivity contribution in [3.63, 3.8) is 0 Å². The van der Waals surface area contributed by atoms with Gasteiger partial charge in [0.2, 0.25) is 5.95 Å². The lowest BCUT2D eigenvalue weighted by Crippen LogP contribution is -2.49. The van der Waals surface area contributed by atoms with Crippen molar-refractivity contribution < 1.29 is 0 Å². The number of halogens is 1. The van der Waals surface area contributed by atoms with Crippen LogP contribution >= 0.6 is 22.6 Å². The molecule has 94 valence electrons. The fourth-order valence-corrected chi connectivity index (χ4v) is 2.90. The Bertz CT molecular complexity index is 367. The van der Waals surface area contributed by atoms with Crippen LogP contribution in [-0.4, -0.2) is 22.1 Å². The van der Waals surface area contributed by atoms with Gasteiger partial charge in [0.1, 0.15) is 0 Å². The van der Waals surface area contributed by atoms with Gasteiger partial charge < -0.3 is 11.1 Å². The van der Waals surface area contributed by atoms with E-state index >= 15 is 0 Å². The van der Waals surface area contributed by atoms with Crippen LogP contribution in [-0.2, 0) is 0 Å². The molecule has 0 amide bonds. The second-order valence-electron chi connectivity index (χ2n) is 5.04. The minimum Gasteiger partial charge on any atom is -0.348 e. The molecular weight excluding hydrogens is 327 g/mol. The molecule has 5 heteroatoms. The minimum atomic E-state index is -0.00947. The highest BCUT2D eigenvalue weighted by molar-refractivity contribution is 14.1. The van der Waals surface area contributed by atoms with Crippen molar-refractivity contribution in [1.29, 1.82) is 0 Å². The molecule has 1 fully saturated rings. The first-order valence-electron chi connectivity index (χ1n) is 6.09. The summed E-state index contributed by atoms with van der Waals surface area (Å²) in [5.41, 5.74) is 5.95. The van der Waals surface area contributed by atoms with E-state index in [2.05, 4.69) is 44.8 Å². The number of nitrogens with zero attached hydrogens (tertiary/aromatic N) is 2. The number of nitrogens with one attached hydrogen (secondary N) is 1. The lowest BCUT2D eigenvalue weighted by atomic mass is 9.76. The van der Waals surface area contributed by atoms with Crippen molar-refractivity contribution >= 4 is 28.5 Å². The summed E-state index contributed by atoms with van der Waals surface area (Å²) >= 11 is 2.21. The smallest absolute Gasteiger partial charge is 0.223 e. The fourth-order valence-electron chi connectivity index (χ4n) is 2.62. The molecule has 17 heavy (non-hydrogen) atoms. The van der Waals surface area contributed by atoms with Crippen LogP contribution in [0.4, 0.5) is 5.95 Å². The topological polar surface area (TPSA) is 63.8 Å². The first-order chi connectivity index (χ1) is 8.13. The van der Waals surface area contributed by atoms with Gasteiger partial charge in [-0.25, -0.2) is 9.97 Å². The van der Waals surface area contributed by atoms with Crippen LogP contribution < -0.4 is 11.1 Å². The molecule has 1 aliphatic rings.